The third kappa shape index (κ3) is 4.99. The fraction of sp³-hybridized carbons (Fsp3) is 0.174. The van der Waals surface area contributed by atoms with E-state index >= 15 is 0 Å². The van der Waals surface area contributed by atoms with Crippen LogP contribution in [-0.2, 0) is 4.79 Å². The molecular formula is C23H23N3O5. The van der Waals surface area contributed by atoms with Gasteiger partial charge in [-0.25, -0.2) is 9.59 Å². The fourth-order valence-electron chi connectivity index (χ4n) is 3.23. The number of anilines is 2. The molecule has 3 aromatic rings. The minimum atomic E-state index is -1.46. The number of rotatable bonds is 6. The Morgan fingerprint density at radius 2 is 1.52 bits per heavy atom. The van der Waals surface area contributed by atoms with Gasteiger partial charge < -0.3 is 26.2 Å². The first-order valence-electron chi connectivity index (χ1n) is 9.61. The number of carboxylic acids is 1. The minimum absolute atomic E-state index is 0.0788. The summed E-state index contributed by atoms with van der Waals surface area (Å²) in [5.74, 6) is -2.09. The lowest BCUT2D eigenvalue weighted by atomic mass is 10.0. The van der Waals surface area contributed by atoms with Crippen LogP contribution in [0.5, 0.6) is 0 Å². The van der Waals surface area contributed by atoms with Crippen molar-refractivity contribution < 1.29 is 24.6 Å². The molecule has 0 unspecified atom stereocenters. The molecule has 0 aliphatic heterocycles. The molecule has 5 N–H and O–H groups in total. The molecule has 160 valence electrons. The SMILES string of the molecule is Cc1cccc(C)c1NC(=O)Nc1cc2ccccc2cc1C(=O)N[C@@H](CO)C(=O)O. The summed E-state index contributed by atoms with van der Waals surface area (Å²) in [6.07, 6.45) is 0. The summed E-state index contributed by atoms with van der Waals surface area (Å²) >= 11 is 0. The van der Waals surface area contributed by atoms with Gasteiger partial charge in [-0.05, 0) is 47.9 Å². The lowest BCUT2D eigenvalue weighted by molar-refractivity contribution is -0.140. The van der Waals surface area contributed by atoms with Gasteiger partial charge in [0.1, 0.15) is 0 Å². The van der Waals surface area contributed by atoms with Crippen molar-refractivity contribution in [3.8, 4) is 0 Å². The average molecular weight is 421 g/mol. The van der Waals surface area contributed by atoms with E-state index in [9.17, 15) is 19.5 Å². The van der Waals surface area contributed by atoms with Crippen LogP contribution in [0.25, 0.3) is 10.8 Å². The molecule has 0 aromatic heterocycles. The van der Waals surface area contributed by atoms with Crippen LogP contribution in [0.3, 0.4) is 0 Å². The Morgan fingerprint density at radius 1 is 0.903 bits per heavy atom. The number of aliphatic carboxylic acids is 1. The van der Waals surface area contributed by atoms with Gasteiger partial charge in [-0.2, -0.15) is 0 Å². The van der Waals surface area contributed by atoms with Crippen LogP contribution in [-0.4, -0.2) is 40.8 Å². The summed E-state index contributed by atoms with van der Waals surface area (Å²) in [4.78, 5) is 36.7. The Labute approximate surface area is 178 Å². The van der Waals surface area contributed by atoms with Crippen molar-refractivity contribution in [2.24, 2.45) is 0 Å². The number of para-hydroxylation sites is 1. The van der Waals surface area contributed by atoms with Gasteiger partial charge in [-0.3, -0.25) is 4.79 Å². The van der Waals surface area contributed by atoms with Gasteiger partial charge in [-0.1, -0.05) is 42.5 Å². The van der Waals surface area contributed by atoms with Gasteiger partial charge in [-0.15, -0.1) is 0 Å². The number of fused-ring (bicyclic) bond motifs is 1. The zero-order valence-electron chi connectivity index (χ0n) is 17.1. The molecular weight excluding hydrogens is 398 g/mol. The number of aryl methyl sites for hydroxylation is 2. The number of hydrogen-bond donors (Lipinski definition) is 5. The lowest BCUT2D eigenvalue weighted by Crippen LogP contribution is -2.43. The monoisotopic (exact) mass is 421 g/mol. The van der Waals surface area contributed by atoms with Crippen molar-refractivity contribution in [1.29, 1.82) is 0 Å². The topological polar surface area (TPSA) is 128 Å². The number of benzene rings is 3. The highest BCUT2D eigenvalue weighted by molar-refractivity contribution is 6.10. The Hall–Kier alpha value is -3.91. The number of aliphatic hydroxyl groups is 1. The maximum atomic E-state index is 12.8. The molecule has 8 heteroatoms. The first-order valence-corrected chi connectivity index (χ1v) is 9.61. The molecule has 31 heavy (non-hydrogen) atoms. The van der Waals surface area contributed by atoms with Gasteiger partial charge in [0.05, 0.1) is 17.9 Å². The molecule has 0 heterocycles. The largest absolute Gasteiger partial charge is 0.480 e. The van der Waals surface area contributed by atoms with E-state index < -0.39 is 30.6 Å². The average Bonchev–Trinajstić information content (AvgIpc) is 2.73. The van der Waals surface area contributed by atoms with E-state index in [0.717, 1.165) is 21.9 Å². The molecule has 3 rings (SSSR count). The molecule has 1 atom stereocenters. The molecule has 0 aliphatic rings. The lowest BCUT2D eigenvalue weighted by Gasteiger charge is -2.17. The Balaban J connectivity index is 1.94. The molecule has 0 saturated heterocycles. The van der Waals surface area contributed by atoms with Crippen LogP contribution in [0, 0.1) is 13.8 Å². The van der Waals surface area contributed by atoms with Gasteiger partial charge in [0.15, 0.2) is 6.04 Å². The molecule has 0 spiro atoms. The van der Waals surface area contributed by atoms with Crippen LogP contribution in [0.15, 0.2) is 54.6 Å². The van der Waals surface area contributed by atoms with Crippen LogP contribution in [0.2, 0.25) is 0 Å². The standard InChI is InChI=1S/C23H23N3O5/c1-13-6-5-7-14(2)20(13)26-23(31)25-18-11-16-9-4-3-8-15(16)10-17(18)21(28)24-19(12-27)22(29)30/h3-11,19,27H,12H2,1-2H3,(H,24,28)(H,29,30)(H2,25,26,31)/t19-/m0/s1. The second kappa shape index (κ2) is 9.27. The number of carboxylic acid groups (broad SMARTS) is 1. The molecule has 3 amide bonds. The van der Waals surface area contributed by atoms with E-state index in [1.165, 1.54) is 0 Å². The highest BCUT2D eigenvalue weighted by Crippen LogP contribution is 2.25. The molecule has 3 aromatic carbocycles. The van der Waals surface area contributed by atoms with Gasteiger partial charge in [0, 0.05) is 5.69 Å². The highest BCUT2D eigenvalue weighted by Gasteiger charge is 2.22. The van der Waals surface area contributed by atoms with E-state index in [-0.39, 0.29) is 11.3 Å². The predicted octanol–water partition coefficient (Wildman–Crippen LogP) is 3.28. The van der Waals surface area contributed by atoms with Crippen molar-refractivity contribution in [1.82, 2.24) is 5.32 Å². The summed E-state index contributed by atoms with van der Waals surface area (Å²) in [5, 5.41) is 27.6. The van der Waals surface area contributed by atoms with E-state index in [0.29, 0.717) is 5.69 Å². The second-order valence-electron chi connectivity index (χ2n) is 7.14. The maximum Gasteiger partial charge on any atom is 0.328 e. The predicted molar refractivity (Wildman–Crippen MR) is 118 cm³/mol. The molecule has 0 saturated carbocycles. The number of urea groups is 1. The van der Waals surface area contributed by atoms with Crippen LogP contribution < -0.4 is 16.0 Å². The normalized spacial score (nSPS) is 11.6. The number of amides is 3. The Bertz CT molecular complexity index is 1140. The van der Waals surface area contributed by atoms with E-state index in [1.807, 2.05) is 44.2 Å². The fourth-order valence-corrected chi connectivity index (χ4v) is 3.23. The molecule has 0 aliphatic carbocycles. The summed E-state index contributed by atoms with van der Waals surface area (Å²) in [6.45, 7) is 2.99. The number of carbonyl (C=O) groups excluding carboxylic acids is 2. The Kier molecular flexibility index (Phi) is 6.52. The van der Waals surface area contributed by atoms with E-state index in [1.54, 1.807) is 24.3 Å². The molecule has 8 nitrogen and oxygen atoms in total. The maximum absolute atomic E-state index is 12.8. The van der Waals surface area contributed by atoms with Crippen molar-refractivity contribution in [3.05, 3.63) is 71.3 Å². The summed E-state index contributed by atoms with van der Waals surface area (Å²) in [7, 11) is 0. The number of nitrogens with one attached hydrogen (secondary N) is 3. The third-order valence-corrected chi connectivity index (χ3v) is 4.88. The van der Waals surface area contributed by atoms with E-state index in [4.69, 9.17) is 5.11 Å². The third-order valence-electron chi connectivity index (χ3n) is 4.88. The van der Waals surface area contributed by atoms with Crippen LogP contribution in [0.1, 0.15) is 21.5 Å². The van der Waals surface area contributed by atoms with Gasteiger partial charge in [0.25, 0.3) is 5.91 Å². The highest BCUT2D eigenvalue weighted by atomic mass is 16.4. The van der Waals surface area contributed by atoms with Crippen molar-refractivity contribution in [2.45, 2.75) is 19.9 Å². The van der Waals surface area contributed by atoms with Crippen molar-refractivity contribution in [3.63, 3.8) is 0 Å². The zero-order valence-corrected chi connectivity index (χ0v) is 17.1. The Morgan fingerprint density at radius 3 is 2.10 bits per heavy atom. The molecule has 0 bridgehead atoms. The smallest absolute Gasteiger partial charge is 0.328 e. The first-order chi connectivity index (χ1) is 14.8. The van der Waals surface area contributed by atoms with E-state index in [2.05, 4.69) is 16.0 Å². The zero-order chi connectivity index (χ0) is 22.5. The van der Waals surface area contributed by atoms with Crippen molar-refractivity contribution in [2.75, 3.05) is 17.2 Å². The summed E-state index contributed by atoms with van der Waals surface area (Å²) < 4.78 is 0. The van der Waals surface area contributed by atoms with Gasteiger partial charge >= 0.3 is 12.0 Å². The first kappa shape index (κ1) is 21.8. The molecule has 0 radical (unpaired) electrons. The number of aliphatic hydroxyl groups excluding tert-OH is 1. The van der Waals surface area contributed by atoms with Gasteiger partial charge in [0.2, 0.25) is 0 Å². The summed E-state index contributed by atoms with van der Waals surface area (Å²) in [5.41, 5.74) is 2.73. The minimum Gasteiger partial charge on any atom is -0.480 e. The second-order valence-corrected chi connectivity index (χ2v) is 7.14. The summed E-state index contributed by atoms with van der Waals surface area (Å²) in [6, 6.07) is 14.1. The molecule has 0 fully saturated rings. The number of carbonyl (C=O) groups is 3. The van der Waals surface area contributed by atoms with Crippen molar-refractivity contribution >= 4 is 40.1 Å². The quantitative estimate of drug-likeness (QED) is 0.417. The number of hydrogen-bond acceptors (Lipinski definition) is 4. The van der Waals surface area contributed by atoms with Crippen LogP contribution in [0.4, 0.5) is 16.2 Å². The van der Waals surface area contributed by atoms with Crippen LogP contribution >= 0.6 is 0 Å².